The van der Waals surface area contributed by atoms with Gasteiger partial charge in [0.05, 0.1) is 6.54 Å². The lowest BCUT2D eigenvalue weighted by atomic mass is 10.2. The van der Waals surface area contributed by atoms with Crippen molar-refractivity contribution >= 4 is 11.9 Å². The lowest BCUT2D eigenvalue weighted by Gasteiger charge is -2.18. The molecule has 0 unspecified atom stereocenters. The van der Waals surface area contributed by atoms with Gasteiger partial charge >= 0.3 is 6.03 Å². The number of benzene rings is 1. The molecule has 25 heavy (non-hydrogen) atoms. The molecule has 0 bridgehead atoms. The summed E-state index contributed by atoms with van der Waals surface area (Å²) in [6.45, 7) is 8.45. The fourth-order valence-corrected chi connectivity index (χ4v) is 3.09. The Balaban J connectivity index is 1.50. The Hall–Kier alpha value is -2.08. The van der Waals surface area contributed by atoms with Crippen LogP contribution in [-0.2, 0) is 11.3 Å². The molecule has 1 saturated carbocycles. The minimum atomic E-state index is -0.146. The van der Waals surface area contributed by atoms with Crippen LogP contribution in [0.4, 0.5) is 4.79 Å². The zero-order chi connectivity index (χ0) is 17.8. The van der Waals surface area contributed by atoms with Crippen LogP contribution in [0.5, 0.6) is 5.75 Å². The number of ether oxygens (including phenoxy) is 1. The number of carbonyl (C=O) groups excluding carboxylic acids is 2. The third-order valence-electron chi connectivity index (χ3n) is 4.91. The molecule has 136 valence electrons. The van der Waals surface area contributed by atoms with Gasteiger partial charge in [-0.15, -0.1) is 0 Å². The van der Waals surface area contributed by atoms with Crippen LogP contribution in [0.2, 0.25) is 0 Å². The highest BCUT2D eigenvalue weighted by Crippen LogP contribution is 2.30. The molecule has 2 fully saturated rings. The van der Waals surface area contributed by atoms with Crippen LogP contribution in [0, 0.1) is 0 Å². The molecule has 3 amide bonds. The van der Waals surface area contributed by atoms with Crippen LogP contribution in [-0.4, -0.2) is 65.5 Å². The number of imide groups is 1. The Labute approximate surface area is 149 Å². The fourth-order valence-electron chi connectivity index (χ4n) is 3.09. The summed E-state index contributed by atoms with van der Waals surface area (Å²) in [4.78, 5) is 29.8. The third-order valence-corrected chi connectivity index (χ3v) is 4.91. The van der Waals surface area contributed by atoms with Crippen LogP contribution in [0.25, 0.3) is 0 Å². The lowest BCUT2D eigenvalue weighted by molar-refractivity contribution is -0.125. The summed E-state index contributed by atoms with van der Waals surface area (Å²) >= 11 is 0. The molecule has 6 heteroatoms. The van der Waals surface area contributed by atoms with E-state index in [2.05, 4.69) is 18.7 Å². The van der Waals surface area contributed by atoms with E-state index in [1.54, 1.807) is 4.90 Å². The molecule has 2 aliphatic rings. The standard InChI is InChI=1S/C19H27N3O3/c1-3-20(4-2)11-12-25-17-9-5-15(6-10-17)13-22-18(23)14-21(19(22)24)16-7-8-16/h5-6,9-10,16H,3-4,7-8,11-14H2,1-2H3. The minimum Gasteiger partial charge on any atom is -0.492 e. The van der Waals surface area contributed by atoms with Gasteiger partial charge in [0.1, 0.15) is 18.9 Å². The van der Waals surface area contributed by atoms with Crippen molar-refractivity contribution < 1.29 is 14.3 Å². The molecular weight excluding hydrogens is 318 g/mol. The quantitative estimate of drug-likeness (QED) is 0.645. The van der Waals surface area contributed by atoms with Crippen molar-refractivity contribution in [1.29, 1.82) is 0 Å². The molecule has 6 nitrogen and oxygen atoms in total. The Morgan fingerprint density at radius 2 is 1.80 bits per heavy atom. The second kappa shape index (κ2) is 7.87. The Morgan fingerprint density at radius 1 is 1.12 bits per heavy atom. The molecule has 0 spiro atoms. The van der Waals surface area contributed by atoms with Crippen LogP contribution < -0.4 is 4.74 Å². The van der Waals surface area contributed by atoms with Crippen molar-refractivity contribution in [2.45, 2.75) is 39.3 Å². The van der Waals surface area contributed by atoms with E-state index >= 15 is 0 Å². The molecule has 3 rings (SSSR count). The Bertz CT molecular complexity index is 609. The average Bonchev–Trinajstić information content (AvgIpc) is 3.42. The molecule has 0 radical (unpaired) electrons. The molecule has 0 N–H and O–H groups in total. The Kier molecular flexibility index (Phi) is 5.58. The topological polar surface area (TPSA) is 53.1 Å². The van der Waals surface area contributed by atoms with Gasteiger partial charge in [0.2, 0.25) is 0 Å². The van der Waals surface area contributed by atoms with Crippen LogP contribution >= 0.6 is 0 Å². The van der Waals surface area contributed by atoms with E-state index in [0.717, 1.165) is 43.8 Å². The predicted octanol–water partition coefficient (Wildman–Crippen LogP) is 2.33. The van der Waals surface area contributed by atoms with Crippen molar-refractivity contribution in [1.82, 2.24) is 14.7 Å². The molecule has 1 aromatic carbocycles. The second-order valence-electron chi connectivity index (χ2n) is 6.64. The van der Waals surface area contributed by atoms with Gasteiger partial charge in [0.15, 0.2) is 0 Å². The first kappa shape index (κ1) is 17.7. The lowest BCUT2D eigenvalue weighted by Crippen LogP contribution is -2.33. The van der Waals surface area contributed by atoms with Gasteiger partial charge in [0, 0.05) is 12.6 Å². The van der Waals surface area contributed by atoms with E-state index in [0.29, 0.717) is 13.2 Å². The number of hydrogen-bond donors (Lipinski definition) is 0. The van der Waals surface area contributed by atoms with Gasteiger partial charge in [-0.05, 0) is 43.6 Å². The van der Waals surface area contributed by atoms with Gasteiger partial charge in [-0.2, -0.15) is 0 Å². The van der Waals surface area contributed by atoms with E-state index in [1.807, 2.05) is 24.3 Å². The van der Waals surface area contributed by atoms with Crippen LogP contribution in [0.1, 0.15) is 32.3 Å². The van der Waals surface area contributed by atoms with Gasteiger partial charge in [0.25, 0.3) is 5.91 Å². The van der Waals surface area contributed by atoms with E-state index in [-0.39, 0.29) is 24.5 Å². The monoisotopic (exact) mass is 345 g/mol. The number of nitrogens with zero attached hydrogens (tertiary/aromatic N) is 3. The molecule has 0 aromatic heterocycles. The average molecular weight is 345 g/mol. The van der Waals surface area contributed by atoms with Crippen LogP contribution in [0.3, 0.4) is 0 Å². The summed E-state index contributed by atoms with van der Waals surface area (Å²) in [5.41, 5.74) is 0.940. The minimum absolute atomic E-state index is 0.101. The first-order valence-electron chi connectivity index (χ1n) is 9.17. The molecular formula is C19H27N3O3. The smallest absolute Gasteiger partial charge is 0.327 e. The zero-order valence-corrected chi connectivity index (χ0v) is 15.1. The summed E-state index contributed by atoms with van der Waals surface area (Å²) < 4.78 is 5.77. The normalized spacial score (nSPS) is 17.7. The maximum absolute atomic E-state index is 12.3. The summed E-state index contributed by atoms with van der Waals surface area (Å²) in [5.74, 6) is 0.714. The summed E-state index contributed by atoms with van der Waals surface area (Å²) in [6, 6.07) is 7.79. The first-order chi connectivity index (χ1) is 12.1. The zero-order valence-electron chi connectivity index (χ0n) is 15.1. The molecule has 1 aliphatic heterocycles. The van der Waals surface area contributed by atoms with Crippen molar-refractivity contribution in [3.05, 3.63) is 29.8 Å². The molecule has 1 heterocycles. The Morgan fingerprint density at radius 3 is 2.40 bits per heavy atom. The second-order valence-corrected chi connectivity index (χ2v) is 6.64. The predicted molar refractivity (Wildman–Crippen MR) is 95.4 cm³/mol. The van der Waals surface area contributed by atoms with E-state index in [4.69, 9.17) is 4.74 Å². The summed E-state index contributed by atoms with van der Waals surface area (Å²) in [6.07, 6.45) is 2.04. The highest BCUT2D eigenvalue weighted by atomic mass is 16.5. The number of urea groups is 1. The first-order valence-corrected chi connectivity index (χ1v) is 9.17. The van der Waals surface area contributed by atoms with Gasteiger partial charge < -0.3 is 14.5 Å². The third kappa shape index (κ3) is 4.31. The van der Waals surface area contributed by atoms with Crippen molar-refractivity contribution in [2.75, 3.05) is 32.8 Å². The number of hydrogen-bond acceptors (Lipinski definition) is 4. The van der Waals surface area contributed by atoms with E-state index in [9.17, 15) is 9.59 Å². The number of likely N-dealkylation sites (N-methyl/N-ethyl adjacent to an activating group) is 1. The molecule has 1 aliphatic carbocycles. The number of amides is 3. The maximum atomic E-state index is 12.3. The van der Waals surface area contributed by atoms with Gasteiger partial charge in [-0.1, -0.05) is 26.0 Å². The molecule has 1 aromatic rings. The highest BCUT2D eigenvalue weighted by Gasteiger charge is 2.43. The van der Waals surface area contributed by atoms with Crippen molar-refractivity contribution in [3.8, 4) is 5.75 Å². The summed E-state index contributed by atoms with van der Waals surface area (Å²) in [5, 5.41) is 0. The maximum Gasteiger partial charge on any atom is 0.327 e. The molecule has 1 saturated heterocycles. The van der Waals surface area contributed by atoms with Crippen molar-refractivity contribution in [3.63, 3.8) is 0 Å². The van der Waals surface area contributed by atoms with Gasteiger partial charge in [-0.3, -0.25) is 9.69 Å². The number of carbonyl (C=O) groups is 2. The van der Waals surface area contributed by atoms with Gasteiger partial charge in [-0.25, -0.2) is 4.79 Å². The SMILES string of the molecule is CCN(CC)CCOc1ccc(CN2C(=O)CN(C3CC3)C2=O)cc1. The fraction of sp³-hybridized carbons (Fsp3) is 0.579. The van der Waals surface area contributed by atoms with E-state index in [1.165, 1.54) is 4.90 Å². The van der Waals surface area contributed by atoms with E-state index < -0.39 is 0 Å². The van der Waals surface area contributed by atoms with Crippen molar-refractivity contribution in [2.24, 2.45) is 0 Å². The number of rotatable bonds is 9. The largest absolute Gasteiger partial charge is 0.492 e. The molecule has 0 atom stereocenters. The van der Waals surface area contributed by atoms with Crippen LogP contribution in [0.15, 0.2) is 24.3 Å². The summed E-state index contributed by atoms with van der Waals surface area (Å²) in [7, 11) is 0. The highest BCUT2D eigenvalue weighted by molar-refractivity contribution is 6.02.